The van der Waals surface area contributed by atoms with Gasteiger partial charge in [0.25, 0.3) is 0 Å². The third-order valence-corrected chi connectivity index (χ3v) is 5.28. The Balaban J connectivity index is 1.71. The van der Waals surface area contributed by atoms with Gasteiger partial charge in [-0.15, -0.1) is 10.2 Å². The third kappa shape index (κ3) is 3.97. The van der Waals surface area contributed by atoms with Gasteiger partial charge in [0.15, 0.2) is 5.82 Å². The summed E-state index contributed by atoms with van der Waals surface area (Å²) in [6.45, 7) is 4.43. The maximum absolute atomic E-state index is 12.9. The number of phenolic OH excluding ortho intramolecular Hbond substituents is 1. The van der Waals surface area contributed by atoms with Gasteiger partial charge in [0.1, 0.15) is 11.4 Å². The number of alkyl halides is 3. The van der Waals surface area contributed by atoms with Gasteiger partial charge in [-0.1, -0.05) is 0 Å². The predicted octanol–water partition coefficient (Wildman–Crippen LogP) is 3.84. The second kappa shape index (κ2) is 7.68. The maximum atomic E-state index is 12.9. The van der Waals surface area contributed by atoms with Crippen molar-refractivity contribution < 1.29 is 23.1 Å². The Labute approximate surface area is 175 Å². The van der Waals surface area contributed by atoms with Crippen molar-refractivity contribution >= 4 is 22.5 Å². The van der Waals surface area contributed by atoms with E-state index < -0.39 is 17.5 Å². The number of carbonyl (C=O) groups excluding carboxylic acids is 1. The lowest BCUT2D eigenvalue weighted by molar-refractivity contribution is -0.137. The number of amides is 1. The number of nitrogens with zero attached hydrogens (tertiary/aromatic N) is 4. The predicted molar refractivity (Wildman–Crippen MR) is 108 cm³/mol. The van der Waals surface area contributed by atoms with Gasteiger partial charge >= 0.3 is 6.18 Å². The Morgan fingerprint density at radius 1 is 1.19 bits per heavy atom. The fourth-order valence-corrected chi connectivity index (χ4v) is 3.73. The normalized spacial score (nSPS) is 17.0. The number of anilines is 1. The first-order valence-electron chi connectivity index (χ1n) is 9.72. The molecule has 0 bridgehead atoms. The monoisotopic (exact) mass is 431 g/mol. The molecule has 162 valence electrons. The molecular weight excluding hydrogens is 411 g/mol. The first-order valence-corrected chi connectivity index (χ1v) is 9.72. The first-order chi connectivity index (χ1) is 14.6. The van der Waals surface area contributed by atoms with Crippen LogP contribution in [0.25, 0.3) is 22.0 Å². The molecule has 1 amide bonds. The number of carbonyl (C=O) groups is 1. The number of pyridine rings is 1. The van der Waals surface area contributed by atoms with Crippen LogP contribution in [0.5, 0.6) is 5.75 Å². The summed E-state index contributed by atoms with van der Waals surface area (Å²) in [5.41, 5.74) is -0.586. The molecule has 1 aromatic carbocycles. The Kier molecular flexibility index (Phi) is 5.16. The molecule has 1 saturated heterocycles. The topological polar surface area (TPSA) is 91.2 Å². The maximum Gasteiger partial charge on any atom is 0.416 e. The molecule has 1 fully saturated rings. The van der Waals surface area contributed by atoms with Gasteiger partial charge in [0, 0.05) is 47.7 Å². The Hall–Kier alpha value is -3.43. The molecule has 4 rings (SSSR count). The van der Waals surface area contributed by atoms with E-state index in [1.54, 1.807) is 17.2 Å². The van der Waals surface area contributed by atoms with Crippen LogP contribution in [-0.2, 0) is 11.0 Å². The summed E-state index contributed by atoms with van der Waals surface area (Å²) < 4.78 is 38.8. The van der Waals surface area contributed by atoms with Crippen LogP contribution in [0.1, 0.15) is 25.8 Å². The Morgan fingerprint density at radius 2 is 1.97 bits per heavy atom. The summed E-state index contributed by atoms with van der Waals surface area (Å²) in [4.78, 5) is 18.1. The van der Waals surface area contributed by atoms with Gasteiger partial charge in [-0.25, -0.2) is 0 Å². The molecule has 2 N–H and O–H groups in total. The van der Waals surface area contributed by atoms with E-state index in [1.807, 2.05) is 13.8 Å². The van der Waals surface area contributed by atoms with Crippen molar-refractivity contribution in [3.05, 3.63) is 42.2 Å². The van der Waals surface area contributed by atoms with E-state index in [0.29, 0.717) is 35.6 Å². The summed E-state index contributed by atoms with van der Waals surface area (Å²) in [7, 11) is 0. The fourth-order valence-electron chi connectivity index (χ4n) is 3.73. The van der Waals surface area contributed by atoms with Crippen LogP contribution in [0.4, 0.5) is 19.0 Å². The second-order valence-electron chi connectivity index (χ2n) is 7.73. The number of phenols is 1. The smallest absolute Gasteiger partial charge is 0.416 e. The van der Waals surface area contributed by atoms with Crippen LogP contribution in [-0.4, -0.2) is 49.7 Å². The Morgan fingerprint density at radius 3 is 2.61 bits per heavy atom. The second-order valence-corrected chi connectivity index (χ2v) is 7.73. The molecule has 1 aliphatic heterocycles. The van der Waals surface area contributed by atoms with E-state index in [0.717, 1.165) is 6.07 Å². The van der Waals surface area contributed by atoms with Crippen LogP contribution in [0.2, 0.25) is 0 Å². The SMILES string of the molecule is CC(C)N1C[C@H](Nc2nnc(-c3ccc(C(F)(F)F)cc3O)c3ccncc23)CC1=O. The van der Waals surface area contributed by atoms with Gasteiger partial charge < -0.3 is 15.3 Å². The van der Waals surface area contributed by atoms with Crippen molar-refractivity contribution in [1.29, 1.82) is 0 Å². The van der Waals surface area contributed by atoms with E-state index >= 15 is 0 Å². The summed E-state index contributed by atoms with van der Waals surface area (Å²) in [5, 5.41) is 23.0. The summed E-state index contributed by atoms with van der Waals surface area (Å²) in [5.74, 6) is -0.0762. The van der Waals surface area contributed by atoms with E-state index in [4.69, 9.17) is 0 Å². The number of aromatic hydroxyl groups is 1. The van der Waals surface area contributed by atoms with Crippen molar-refractivity contribution in [3.63, 3.8) is 0 Å². The number of nitrogens with one attached hydrogen (secondary N) is 1. The average molecular weight is 431 g/mol. The van der Waals surface area contributed by atoms with Gasteiger partial charge in [-0.2, -0.15) is 13.2 Å². The van der Waals surface area contributed by atoms with E-state index in [9.17, 15) is 23.1 Å². The zero-order chi connectivity index (χ0) is 22.3. The van der Waals surface area contributed by atoms with Gasteiger partial charge in [0.2, 0.25) is 5.91 Å². The molecule has 10 heteroatoms. The lowest BCUT2D eigenvalue weighted by atomic mass is 10.0. The lowest BCUT2D eigenvalue weighted by Gasteiger charge is -2.21. The molecule has 0 saturated carbocycles. The van der Waals surface area contributed by atoms with Gasteiger partial charge in [-0.05, 0) is 38.1 Å². The number of fused-ring (bicyclic) bond motifs is 1. The van der Waals surface area contributed by atoms with Crippen LogP contribution in [0.3, 0.4) is 0 Å². The average Bonchev–Trinajstić information content (AvgIpc) is 3.08. The summed E-state index contributed by atoms with van der Waals surface area (Å²) in [6, 6.07) is 4.32. The quantitative estimate of drug-likeness (QED) is 0.652. The molecule has 1 atom stereocenters. The molecule has 0 aliphatic carbocycles. The fraction of sp³-hybridized carbons (Fsp3) is 0.333. The van der Waals surface area contributed by atoms with Crippen molar-refractivity contribution in [1.82, 2.24) is 20.1 Å². The van der Waals surface area contributed by atoms with Crippen LogP contribution < -0.4 is 5.32 Å². The molecule has 0 unspecified atom stereocenters. The largest absolute Gasteiger partial charge is 0.507 e. The Bertz CT molecular complexity index is 1150. The number of halogens is 3. The minimum Gasteiger partial charge on any atom is -0.507 e. The molecule has 3 heterocycles. The summed E-state index contributed by atoms with van der Waals surface area (Å²) >= 11 is 0. The zero-order valence-corrected chi connectivity index (χ0v) is 16.8. The highest BCUT2D eigenvalue weighted by Gasteiger charge is 2.33. The number of aromatic nitrogens is 3. The number of hydrogen-bond acceptors (Lipinski definition) is 6. The van der Waals surface area contributed by atoms with E-state index in [-0.39, 0.29) is 29.2 Å². The van der Waals surface area contributed by atoms with Crippen molar-refractivity contribution in [2.45, 2.75) is 38.5 Å². The molecule has 0 spiro atoms. The van der Waals surface area contributed by atoms with Crippen LogP contribution in [0, 0.1) is 0 Å². The number of benzene rings is 1. The highest BCUT2D eigenvalue weighted by molar-refractivity contribution is 6.00. The van der Waals surface area contributed by atoms with Crippen LogP contribution in [0.15, 0.2) is 36.7 Å². The van der Waals surface area contributed by atoms with E-state index in [2.05, 4.69) is 20.5 Å². The van der Waals surface area contributed by atoms with Crippen molar-refractivity contribution in [2.75, 3.05) is 11.9 Å². The van der Waals surface area contributed by atoms with Crippen molar-refractivity contribution in [2.24, 2.45) is 0 Å². The molecule has 2 aromatic heterocycles. The highest BCUT2D eigenvalue weighted by atomic mass is 19.4. The minimum atomic E-state index is -4.57. The number of rotatable bonds is 4. The zero-order valence-electron chi connectivity index (χ0n) is 16.8. The standard InChI is InChI=1S/C21H20F3N5O2/c1-11(2)29-10-13(8-18(29)31)26-20-16-9-25-6-5-14(16)19(27-28-20)15-4-3-12(7-17(15)30)21(22,23)24/h3-7,9,11,13,30H,8,10H2,1-2H3,(H,26,28)/t13-/m1/s1. The summed E-state index contributed by atoms with van der Waals surface area (Å²) in [6.07, 6.45) is -1.15. The van der Waals surface area contributed by atoms with Gasteiger partial charge in [-0.3, -0.25) is 9.78 Å². The van der Waals surface area contributed by atoms with Gasteiger partial charge in [0.05, 0.1) is 11.6 Å². The number of hydrogen-bond donors (Lipinski definition) is 2. The van der Waals surface area contributed by atoms with E-state index in [1.165, 1.54) is 12.3 Å². The molecule has 7 nitrogen and oxygen atoms in total. The molecular formula is C21H20F3N5O2. The first kappa shape index (κ1) is 20.8. The van der Waals surface area contributed by atoms with Crippen LogP contribution >= 0.6 is 0 Å². The highest BCUT2D eigenvalue weighted by Crippen LogP contribution is 2.38. The number of likely N-dealkylation sites (tertiary alicyclic amines) is 1. The molecule has 3 aromatic rings. The third-order valence-electron chi connectivity index (χ3n) is 5.28. The molecule has 31 heavy (non-hydrogen) atoms. The lowest BCUT2D eigenvalue weighted by Crippen LogP contribution is -2.33. The molecule has 1 aliphatic rings. The molecule has 0 radical (unpaired) electrons. The minimum absolute atomic E-state index is 0.0502. The van der Waals surface area contributed by atoms with Crippen molar-refractivity contribution in [3.8, 4) is 17.0 Å².